The van der Waals surface area contributed by atoms with Crippen LogP contribution >= 0.6 is 0 Å². The van der Waals surface area contributed by atoms with E-state index in [1.165, 1.54) is 0 Å². The Morgan fingerprint density at radius 3 is 1.80 bits per heavy atom. The van der Waals surface area contributed by atoms with E-state index in [9.17, 15) is 4.79 Å². The highest BCUT2D eigenvalue weighted by atomic mass is 16.5. The lowest BCUT2D eigenvalue weighted by Gasteiger charge is -2.40. The van der Waals surface area contributed by atoms with Crippen LogP contribution in [0.5, 0.6) is 0 Å². The zero-order valence-electron chi connectivity index (χ0n) is 9.90. The van der Waals surface area contributed by atoms with E-state index in [2.05, 4.69) is 14.1 Å². The van der Waals surface area contributed by atoms with Gasteiger partial charge in [0.2, 0.25) is 0 Å². The highest BCUT2D eigenvalue weighted by molar-refractivity contribution is 5.80. The number of piperidine rings is 1. The van der Waals surface area contributed by atoms with E-state index < -0.39 is 0 Å². The van der Waals surface area contributed by atoms with Gasteiger partial charge < -0.3 is 14.0 Å². The van der Waals surface area contributed by atoms with Gasteiger partial charge >= 0.3 is 0 Å². The summed E-state index contributed by atoms with van der Waals surface area (Å²) in [6, 6.07) is 0.511. The fourth-order valence-corrected chi connectivity index (χ4v) is 3.28. The van der Waals surface area contributed by atoms with Crippen LogP contribution in [-0.4, -0.2) is 62.9 Å². The number of fused-ring (bicyclic) bond motifs is 2. The van der Waals surface area contributed by atoms with Crippen molar-refractivity contribution in [3.8, 4) is 0 Å². The number of methoxy groups -OCH3 is 2. The average molecular weight is 214 g/mol. The van der Waals surface area contributed by atoms with Gasteiger partial charge in [-0.3, -0.25) is 4.79 Å². The first kappa shape index (κ1) is 11.0. The van der Waals surface area contributed by atoms with Crippen molar-refractivity contribution in [1.82, 2.24) is 0 Å². The van der Waals surface area contributed by atoms with Crippen LogP contribution in [0.25, 0.3) is 0 Å². The van der Waals surface area contributed by atoms with Crippen LogP contribution in [0.2, 0.25) is 0 Å². The summed E-state index contributed by atoms with van der Waals surface area (Å²) in [5.41, 5.74) is 0. The van der Waals surface area contributed by atoms with E-state index in [4.69, 9.17) is 9.47 Å². The molecule has 0 amide bonds. The number of hydrogen-bond acceptors (Lipinski definition) is 3. The van der Waals surface area contributed by atoms with Crippen molar-refractivity contribution in [2.45, 2.75) is 37.1 Å². The molecule has 2 aliphatic heterocycles. The Morgan fingerprint density at radius 1 is 1.07 bits per heavy atom. The highest BCUT2D eigenvalue weighted by Crippen LogP contribution is 2.40. The first-order valence-corrected chi connectivity index (χ1v) is 5.43. The Labute approximate surface area is 90.7 Å². The molecule has 2 heterocycles. The normalized spacial score (nSPS) is 43.3. The number of rotatable bonds is 2. The van der Waals surface area contributed by atoms with Crippen LogP contribution in [0.1, 0.15) is 12.8 Å². The summed E-state index contributed by atoms with van der Waals surface area (Å²) < 4.78 is 11.9. The van der Waals surface area contributed by atoms with Gasteiger partial charge in [-0.05, 0) is 0 Å². The second-order valence-corrected chi connectivity index (χ2v) is 5.11. The first-order valence-electron chi connectivity index (χ1n) is 5.43. The molecule has 2 fully saturated rings. The number of ether oxygens (including phenoxy) is 2. The summed E-state index contributed by atoms with van der Waals surface area (Å²) in [7, 11) is 7.77. The Bertz CT molecular complexity index is 253. The summed E-state index contributed by atoms with van der Waals surface area (Å²) in [6.07, 6.45) is 1.37. The fourth-order valence-electron chi connectivity index (χ4n) is 3.28. The molecule has 2 saturated heterocycles. The third-order valence-electron chi connectivity index (χ3n) is 4.21. The molecular formula is C11H20NO3+. The monoisotopic (exact) mass is 214 g/mol. The van der Waals surface area contributed by atoms with Crippen LogP contribution in [-0.2, 0) is 14.3 Å². The zero-order chi connectivity index (χ0) is 11.2. The number of Topliss-reactive ketones (excluding diaryl/α,β-unsaturated/α-hetero) is 1. The van der Waals surface area contributed by atoms with Gasteiger partial charge in [-0.2, -0.15) is 0 Å². The van der Waals surface area contributed by atoms with Gasteiger partial charge in [0, 0.05) is 14.2 Å². The molecule has 0 aromatic rings. The van der Waals surface area contributed by atoms with Gasteiger partial charge in [0.1, 0.15) is 30.1 Å². The summed E-state index contributed by atoms with van der Waals surface area (Å²) in [5, 5.41) is 0. The van der Waals surface area contributed by atoms with Gasteiger partial charge in [-0.25, -0.2) is 0 Å². The lowest BCUT2D eigenvalue weighted by atomic mass is 9.99. The molecule has 0 saturated carbocycles. The minimum Gasteiger partial charge on any atom is -0.372 e. The van der Waals surface area contributed by atoms with Crippen LogP contribution in [0.3, 0.4) is 0 Å². The smallest absolute Gasteiger partial charge is 0.144 e. The molecule has 4 nitrogen and oxygen atoms in total. The number of carbonyl (C=O) groups excluding carboxylic acids is 1. The van der Waals surface area contributed by atoms with Crippen molar-refractivity contribution < 1.29 is 18.8 Å². The molecule has 86 valence electrons. The van der Waals surface area contributed by atoms with Crippen molar-refractivity contribution in [3.63, 3.8) is 0 Å². The molecular weight excluding hydrogens is 194 g/mol. The van der Waals surface area contributed by atoms with Gasteiger partial charge in [0.05, 0.1) is 26.9 Å². The Balaban J connectivity index is 2.35. The van der Waals surface area contributed by atoms with Gasteiger partial charge in [-0.15, -0.1) is 0 Å². The summed E-state index contributed by atoms with van der Waals surface area (Å²) >= 11 is 0. The van der Waals surface area contributed by atoms with Gasteiger partial charge in [0.25, 0.3) is 0 Å². The quantitative estimate of drug-likeness (QED) is 0.616. The minimum absolute atomic E-state index is 0.0569. The third-order valence-corrected chi connectivity index (χ3v) is 4.21. The van der Waals surface area contributed by atoms with E-state index in [0.717, 1.165) is 4.48 Å². The standard InChI is InChI=1S/C11H20NO3/c1-12(2)8-5-7(13)6-9(12)11(15-4)10(8)14-3/h8-11H,5-6H2,1-4H3/q+1/t8-,9-,10-,11+/m0/s1. The van der Waals surface area contributed by atoms with E-state index in [1.54, 1.807) is 14.2 Å². The first-order chi connectivity index (χ1) is 7.02. The molecule has 2 rings (SSSR count). The van der Waals surface area contributed by atoms with Crippen molar-refractivity contribution in [2.24, 2.45) is 0 Å². The Morgan fingerprint density at radius 2 is 1.47 bits per heavy atom. The average Bonchev–Trinajstić information content (AvgIpc) is 2.33. The van der Waals surface area contributed by atoms with E-state index in [0.29, 0.717) is 18.6 Å². The second kappa shape index (κ2) is 3.54. The topological polar surface area (TPSA) is 35.5 Å². The molecule has 0 aromatic heterocycles. The molecule has 0 N–H and O–H groups in total. The number of carbonyl (C=O) groups is 1. The third kappa shape index (κ3) is 1.43. The number of nitrogens with zero attached hydrogens (tertiary/aromatic N) is 1. The zero-order valence-corrected chi connectivity index (χ0v) is 9.90. The van der Waals surface area contributed by atoms with E-state index in [-0.39, 0.29) is 24.3 Å². The maximum atomic E-state index is 11.6. The lowest BCUT2D eigenvalue weighted by molar-refractivity contribution is -0.929. The molecule has 0 spiro atoms. The largest absolute Gasteiger partial charge is 0.372 e. The molecule has 0 aliphatic carbocycles. The van der Waals surface area contributed by atoms with Gasteiger partial charge in [0.15, 0.2) is 0 Å². The Kier molecular flexibility index (Phi) is 2.61. The highest BCUT2D eigenvalue weighted by Gasteiger charge is 2.61. The molecule has 15 heavy (non-hydrogen) atoms. The molecule has 4 atom stereocenters. The van der Waals surface area contributed by atoms with E-state index >= 15 is 0 Å². The van der Waals surface area contributed by atoms with Crippen LogP contribution in [0, 0.1) is 0 Å². The van der Waals surface area contributed by atoms with Crippen LogP contribution in [0.15, 0.2) is 0 Å². The molecule has 0 unspecified atom stereocenters. The van der Waals surface area contributed by atoms with Crippen molar-refractivity contribution in [3.05, 3.63) is 0 Å². The van der Waals surface area contributed by atoms with Crippen LogP contribution in [0.4, 0.5) is 0 Å². The fraction of sp³-hybridized carbons (Fsp3) is 0.909. The second-order valence-electron chi connectivity index (χ2n) is 5.11. The summed E-state index contributed by atoms with van der Waals surface area (Å²) in [6.45, 7) is 0. The minimum atomic E-state index is 0.0569. The van der Waals surface area contributed by atoms with Crippen molar-refractivity contribution in [2.75, 3.05) is 28.3 Å². The summed E-state index contributed by atoms with van der Waals surface area (Å²) in [4.78, 5) is 11.6. The van der Waals surface area contributed by atoms with Crippen molar-refractivity contribution in [1.29, 1.82) is 0 Å². The molecule has 2 aliphatic rings. The maximum Gasteiger partial charge on any atom is 0.144 e. The van der Waals surface area contributed by atoms with E-state index in [1.807, 2.05) is 0 Å². The molecule has 2 bridgehead atoms. The number of likely N-dealkylation sites (N-methyl/N-ethyl adjacent to an activating group) is 1. The predicted molar refractivity (Wildman–Crippen MR) is 55.5 cm³/mol. The predicted octanol–water partition coefficient (Wildman–Crippen LogP) is 0.206. The number of ketones is 1. The number of hydrogen-bond donors (Lipinski definition) is 0. The summed E-state index contributed by atoms with van der Waals surface area (Å²) in [5.74, 6) is 0.351. The molecule has 0 radical (unpaired) electrons. The Hall–Kier alpha value is -0.450. The van der Waals surface area contributed by atoms with Gasteiger partial charge in [-0.1, -0.05) is 0 Å². The van der Waals surface area contributed by atoms with Crippen molar-refractivity contribution >= 4 is 5.78 Å². The lowest BCUT2D eigenvalue weighted by Crippen LogP contribution is -2.57. The molecule has 0 aromatic carbocycles. The SMILES string of the molecule is CO[C@@H]1[C@H](OC)[C@@H]2CC(=O)C[C@@H]1[N+]2(C)C. The molecule has 4 heteroatoms. The maximum absolute atomic E-state index is 11.6. The van der Waals surface area contributed by atoms with Crippen LogP contribution < -0.4 is 0 Å². The number of quaternary nitrogens is 1.